The zero-order valence-corrected chi connectivity index (χ0v) is 8.31. The molecule has 0 saturated carbocycles. The van der Waals surface area contributed by atoms with E-state index >= 15 is 0 Å². The molecule has 0 radical (unpaired) electrons. The molecule has 0 aliphatic carbocycles. The molecule has 1 heteroatoms. The van der Waals surface area contributed by atoms with Gasteiger partial charge < -0.3 is 0 Å². The Bertz CT molecular complexity index is 432. The van der Waals surface area contributed by atoms with Gasteiger partial charge in [0.15, 0.2) is 0 Å². The Kier molecular flexibility index (Phi) is 2.24. The van der Waals surface area contributed by atoms with Gasteiger partial charge in [0.2, 0.25) is 0 Å². The molecule has 2 aromatic carbocycles. The fraction of sp³-hybridized carbons (Fsp3) is 0.167. The van der Waals surface area contributed by atoms with E-state index in [2.05, 4.69) is 31.2 Å². The van der Waals surface area contributed by atoms with Gasteiger partial charge in [-0.25, -0.2) is 0 Å². The van der Waals surface area contributed by atoms with E-state index in [4.69, 9.17) is 11.6 Å². The number of hydrogen-bond donors (Lipinski definition) is 0. The molecule has 66 valence electrons. The number of halogens is 1. The van der Waals surface area contributed by atoms with Crippen LogP contribution in [-0.2, 0) is 6.42 Å². The molecule has 0 bridgehead atoms. The van der Waals surface area contributed by atoms with Crippen LogP contribution in [-0.4, -0.2) is 0 Å². The first-order valence-corrected chi connectivity index (χ1v) is 4.86. The Morgan fingerprint density at radius 3 is 2.77 bits per heavy atom. The molecule has 0 aliphatic rings. The summed E-state index contributed by atoms with van der Waals surface area (Å²) >= 11 is 6.09. The molecular weight excluding hydrogens is 180 g/mol. The third kappa shape index (κ3) is 1.54. The average Bonchev–Trinajstić information content (AvgIpc) is 2.18. The zero-order valence-electron chi connectivity index (χ0n) is 7.55. The predicted octanol–water partition coefficient (Wildman–Crippen LogP) is 4.06. The monoisotopic (exact) mass is 190 g/mol. The van der Waals surface area contributed by atoms with Gasteiger partial charge in [-0.05, 0) is 29.5 Å². The standard InChI is InChI=1S/C12H11Cl/c1-2-9-6-7-10-4-3-5-12(13)11(10)8-9/h3-8H,2H2,1H3. The van der Waals surface area contributed by atoms with Crippen molar-refractivity contribution in [2.75, 3.05) is 0 Å². The van der Waals surface area contributed by atoms with Crippen LogP contribution in [0, 0.1) is 0 Å². The van der Waals surface area contributed by atoms with Crippen LogP contribution in [0.25, 0.3) is 10.8 Å². The second-order valence-corrected chi connectivity index (χ2v) is 3.56. The van der Waals surface area contributed by atoms with E-state index in [-0.39, 0.29) is 0 Å². The Balaban J connectivity index is 2.74. The van der Waals surface area contributed by atoms with Crippen molar-refractivity contribution in [3.05, 3.63) is 47.0 Å². The van der Waals surface area contributed by atoms with E-state index < -0.39 is 0 Å². The number of fused-ring (bicyclic) bond motifs is 1. The van der Waals surface area contributed by atoms with Gasteiger partial charge in [-0.15, -0.1) is 0 Å². The molecule has 0 heterocycles. The smallest absolute Gasteiger partial charge is 0.0484 e. The van der Waals surface area contributed by atoms with Crippen molar-refractivity contribution >= 4 is 22.4 Å². The molecule has 0 unspecified atom stereocenters. The molecular formula is C12H11Cl. The molecule has 0 nitrogen and oxygen atoms in total. The molecule has 0 N–H and O–H groups in total. The minimum absolute atomic E-state index is 0.841. The summed E-state index contributed by atoms with van der Waals surface area (Å²) < 4.78 is 0. The maximum absolute atomic E-state index is 6.09. The SMILES string of the molecule is CCc1ccc2cccc(Cl)c2c1. The van der Waals surface area contributed by atoms with Crippen molar-refractivity contribution in [1.29, 1.82) is 0 Å². The summed E-state index contributed by atoms with van der Waals surface area (Å²) in [6, 6.07) is 12.4. The highest BCUT2D eigenvalue weighted by Gasteiger charge is 1.98. The second-order valence-electron chi connectivity index (χ2n) is 3.15. The van der Waals surface area contributed by atoms with Crippen LogP contribution in [0.4, 0.5) is 0 Å². The summed E-state index contributed by atoms with van der Waals surface area (Å²) in [4.78, 5) is 0. The number of benzene rings is 2. The predicted molar refractivity (Wildman–Crippen MR) is 58.3 cm³/mol. The van der Waals surface area contributed by atoms with Crippen molar-refractivity contribution in [3.8, 4) is 0 Å². The van der Waals surface area contributed by atoms with E-state index in [9.17, 15) is 0 Å². The fourth-order valence-corrected chi connectivity index (χ4v) is 1.74. The van der Waals surface area contributed by atoms with Crippen LogP contribution in [0.2, 0.25) is 5.02 Å². The van der Waals surface area contributed by atoms with Crippen LogP contribution >= 0.6 is 11.6 Å². The first-order chi connectivity index (χ1) is 6.31. The lowest BCUT2D eigenvalue weighted by molar-refractivity contribution is 1.15. The quantitative estimate of drug-likeness (QED) is 0.637. The first-order valence-electron chi connectivity index (χ1n) is 4.48. The lowest BCUT2D eigenvalue weighted by atomic mass is 10.1. The summed E-state index contributed by atoms with van der Waals surface area (Å²) in [5.74, 6) is 0. The Labute approximate surface area is 83.1 Å². The molecule has 0 fully saturated rings. The first kappa shape index (κ1) is 8.58. The van der Waals surface area contributed by atoms with Crippen LogP contribution in [0.15, 0.2) is 36.4 Å². The van der Waals surface area contributed by atoms with Crippen LogP contribution in [0.1, 0.15) is 12.5 Å². The topological polar surface area (TPSA) is 0 Å². The molecule has 0 spiro atoms. The Morgan fingerprint density at radius 2 is 2.00 bits per heavy atom. The summed E-state index contributed by atoms with van der Waals surface area (Å²) in [5.41, 5.74) is 1.33. The van der Waals surface area contributed by atoms with E-state index in [1.807, 2.05) is 12.1 Å². The number of rotatable bonds is 1. The van der Waals surface area contributed by atoms with Gasteiger partial charge in [0.25, 0.3) is 0 Å². The molecule has 2 rings (SSSR count). The van der Waals surface area contributed by atoms with Crippen LogP contribution in [0.3, 0.4) is 0 Å². The highest BCUT2D eigenvalue weighted by atomic mass is 35.5. The fourth-order valence-electron chi connectivity index (χ4n) is 1.50. The number of aryl methyl sites for hydroxylation is 1. The highest BCUT2D eigenvalue weighted by Crippen LogP contribution is 2.24. The van der Waals surface area contributed by atoms with Crippen molar-refractivity contribution < 1.29 is 0 Å². The van der Waals surface area contributed by atoms with Gasteiger partial charge in [-0.1, -0.05) is 42.8 Å². The maximum atomic E-state index is 6.09. The molecule has 0 aromatic heterocycles. The van der Waals surface area contributed by atoms with Crippen molar-refractivity contribution in [3.63, 3.8) is 0 Å². The van der Waals surface area contributed by atoms with Crippen molar-refractivity contribution in [1.82, 2.24) is 0 Å². The Hall–Kier alpha value is -1.01. The van der Waals surface area contributed by atoms with Crippen molar-refractivity contribution in [2.45, 2.75) is 13.3 Å². The minimum atomic E-state index is 0.841. The molecule has 0 amide bonds. The van der Waals surface area contributed by atoms with E-state index in [1.165, 1.54) is 10.9 Å². The average molecular weight is 191 g/mol. The summed E-state index contributed by atoms with van der Waals surface area (Å²) in [5, 5.41) is 3.21. The third-order valence-corrected chi connectivity index (χ3v) is 2.63. The second kappa shape index (κ2) is 3.39. The zero-order chi connectivity index (χ0) is 9.26. The van der Waals surface area contributed by atoms with E-state index in [0.717, 1.165) is 16.8 Å². The van der Waals surface area contributed by atoms with Gasteiger partial charge >= 0.3 is 0 Å². The molecule has 2 aromatic rings. The normalized spacial score (nSPS) is 10.6. The summed E-state index contributed by atoms with van der Waals surface area (Å²) in [7, 11) is 0. The van der Waals surface area contributed by atoms with Gasteiger partial charge in [0, 0.05) is 10.4 Å². The molecule has 0 atom stereocenters. The van der Waals surface area contributed by atoms with Crippen LogP contribution in [0.5, 0.6) is 0 Å². The van der Waals surface area contributed by atoms with Gasteiger partial charge in [-0.2, -0.15) is 0 Å². The lowest BCUT2D eigenvalue weighted by Gasteiger charge is -2.02. The van der Waals surface area contributed by atoms with Crippen molar-refractivity contribution in [2.24, 2.45) is 0 Å². The van der Waals surface area contributed by atoms with E-state index in [1.54, 1.807) is 0 Å². The third-order valence-electron chi connectivity index (χ3n) is 2.30. The van der Waals surface area contributed by atoms with Gasteiger partial charge in [-0.3, -0.25) is 0 Å². The van der Waals surface area contributed by atoms with Crippen LogP contribution < -0.4 is 0 Å². The van der Waals surface area contributed by atoms with E-state index in [0.29, 0.717) is 0 Å². The lowest BCUT2D eigenvalue weighted by Crippen LogP contribution is -1.80. The number of hydrogen-bond acceptors (Lipinski definition) is 0. The molecule has 0 aliphatic heterocycles. The highest BCUT2D eigenvalue weighted by molar-refractivity contribution is 6.35. The van der Waals surface area contributed by atoms with Gasteiger partial charge in [0.05, 0.1) is 0 Å². The largest absolute Gasteiger partial charge is 0.0837 e. The Morgan fingerprint density at radius 1 is 1.15 bits per heavy atom. The molecule has 0 saturated heterocycles. The summed E-state index contributed by atoms with van der Waals surface area (Å²) in [6.45, 7) is 2.15. The molecule has 13 heavy (non-hydrogen) atoms. The minimum Gasteiger partial charge on any atom is -0.0837 e. The summed E-state index contributed by atoms with van der Waals surface area (Å²) in [6.07, 6.45) is 1.06. The van der Waals surface area contributed by atoms with Gasteiger partial charge in [0.1, 0.15) is 0 Å². The maximum Gasteiger partial charge on any atom is 0.0484 e.